The molecular formula is C18H15N3O2. The van der Waals surface area contributed by atoms with Gasteiger partial charge in [-0.25, -0.2) is 0 Å². The van der Waals surface area contributed by atoms with Crippen molar-refractivity contribution in [3.05, 3.63) is 46.5 Å². The van der Waals surface area contributed by atoms with Gasteiger partial charge in [-0.1, -0.05) is 12.1 Å². The van der Waals surface area contributed by atoms with Gasteiger partial charge in [0, 0.05) is 30.6 Å². The van der Waals surface area contributed by atoms with Gasteiger partial charge in [-0.15, -0.1) is 0 Å². The summed E-state index contributed by atoms with van der Waals surface area (Å²) in [6.45, 7) is 0.745. The lowest BCUT2D eigenvalue weighted by molar-refractivity contribution is 0.475. The Morgan fingerprint density at radius 1 is 1.17 bits per heavy atom. The summed E-state index contributed by atoms with van der Waals surface area (Å²) in [4.78, 5) is 13.2. The lowest BCUT2D eigenvalue weighted by Crippen LogP contribution is -2.29. The highest BCUT2D eigenvalue weighted by molar-refractivity contribution is 6.08. The van der Waals surface area contributed by atoms with Crippen LogP contribution in [0.15, 0.2) is 45.3 Å². The lowest BCUT2D eigenvalue weighted by Gasteiger charge is -2.07. The molecule has 0 spiro atoms. The lowest BCUT2D eigenvalue weighted by atomic mass is 10.1. The third kappa shape index (κ3) is 2.40. The van der Waals surface area contributed by atoms with Gasteiger partial charge in [0.15, 0.2) is 5.75 Å². The zero-order valence-corrected chi connectivity index (χ0v) is 12.4. The molecule has 0 aromatic heterocycles. The monoisotopic (exact) mass is 305 g/mol. The summed E-state index contributed by atoms with van der Waals surface area (Å²) >= 11 is 0. The maximum atomic E-state index is 10.4. The fourth-order valence-electron chi connectivity index (χ4n) is 2.87. The van der Waals surface area contributed by atoms with Crippen LogP contribution in [0.1, 0.15) is 12.0 Å². The molecule has 2 aliphatic rings. The second kappa shape index (κ2) is 5.35. The van der Waals surface area contributed by atoms with E-state index in [0.29, 0.717) is 17.8 Å². The normalized spacial score (nSPS) is 15.0. The molecule has 4 rings (SSSR count). The van der Waals surface area contributed by atoms with Crippen LogP contribution in [0.4, 0.5) is 11.4 Å². The van der Waals surface area contributed by atoms with Crippen LogP contribution in [0.3, 0.4) is 0 Å². The molecule has 23 heavy (non-hydrogen) atoms. The van der Waals surface area contributed by atoms with Crippen LogP contribution in [-0.2, 0) is 6.42 Å². The highest BCUT2D eigenvalue weighted by Crippen LogP contribution is 2.34. The highest BCUT2D eigenvalue weighted by Gasteiger charge is 2.18. The zero-order valence-electron chi connectivity index (χ0n) is 12.4. The van der Waals surface area contributed by atoms with Gasteiger partial charge < -0.3 is 10.2 Å². The second-order valence-corrected chi connectivity index (χ2v) is 5.58. The van der Waals surface area contributed by atoms with Crippen LogP contribution >= 0.6 is 0 Å². The van der Waals surface area contributed by atoms with Crippen LogP contribution in [0, 0.1) is 0 Å². The minimum atomic E-state index is 0.106. The molecule has 2 aromatic rings. The summed E-state index contributed by atoms with van der Waals surface area (Å²) in [6.07, 6.45) is 5.04. The molecule has 2 aromatic carbocycles. The number of phenolic OH excluding ortho intramolecular Hbond substituents is 2. The molecule has 114 valence electrons. The number of benzene rings is 2. The first-order valence-corrected chi connectivity index (χ1v) is 7.50. The molecular weight excluding hydrogens is 290 g/mol. The fourth-order valence-corrected chi connectivity index (χ4v) is 2.87. The quantitative estimate of drug-likeness (QED) is 0.850. The third-order valence-corrected chi connectivity index (χ3v) is 4.06. The fraction of sp³-hybridized carbons (Fsp3) is 0.167. The first-order chi connectivity index (χ1) is 11.2. The van der Waals surface area contributed by atoms with Crippen LogP contribution < -0.4 is 10.6 Å². The van der Waals surface area contributed by atoms with E-state index in [9.17, 15) is 10.2 Å². The predicted molar refractivity (Wildman–Crippen MR) is 89.9 cm³/mol. The largest absolute Gasteiger partial charge is 0.508 e. The smallest absolute Gasteiger partial charge is 0.167 e. The summed E-state index contributed by atoms with van der Waals surface area (Å²) in [5.74, 6) is 0.349. The number of phenols is 2. The van der Waals surface area contributed by atoms with Crippen LogP contribution in [-0.4, -0.2) is 29.2 Å². The predicted octanol–water partition coefficient (Wildman–Crippen LogP) is 1.93. The number of hydrogen-bond acceptors (Lipinski definition) is 5. The third-order valence-electron chi connectivity index (χ3n) is 4.06. The van der Waals surface area contributed by atoms with Crippen molar-refractivity contribution in [1.82, 2.24) is 0 Å². The molecule has 5 heteroatoms. The molecule has 2 heterocycles. The minimum absolute atomic E-state index is 0.106. The van der Waals surface area contributed by atoms with E-state index in [4.69, 9.17) is 0 Å². The van der Waals surface area contributed by atoms with Crippen molar-refractivity contribution in [2.45, 2.75) is 12.8 Å². The number of aliphatic imine (C=N–C) groups is 2. The van der Waals surface area contributed by atoms with Crippen molar-refractivity contribution >= 4 is 29.4 Å². The Morgan fingerprint density at radius 3 is 2.83 bits per heavy atom. The van der Waals surface area contributed by atoms with E-state index >= 15 is 0 Å². The van der Waals surface area contributed by atoms with E-state index in [1.165, 1.54) is 0 Å². The van der Waals surface area contributed by atoms with Gasteiger partial charge in [-0.3, -0.25) is 15.0 Å². The van der Waals surface area contributed by atoms with Crippen molar-refractivity contribution < 1.29 is 10.2 Å². The molecule has 5 nitrogen and oxygen atoms in total. The van der Waals surface area contributed by atoms with E-state index in [-0.39, 0.29) is 11.5 Å². The topological polar surface area (TPSA) is 77.5 Å². The maximum absolute atomic E-state index is 10.4. The summed E-state index contributed by atoms with van der Waals surface area (Å²) in [7, 11) is 0. The molecule has 0 fully saturated rings. The van der Waals surface area contributed by atoms with E-state index in [1.807, 2.05) is 24.4 Å². The summed E-state index contributed by atoms with van der Waals surface area (Å²) in [5, 5.41) is 21.5. The Labute approximate surface area is 132 Å². The van der Waals surface area contributed by atoms with Gasteiger partial charge >= 0.3 is 0 Å². The molecule has 2 N–H and O–H groups in total. The Bertz CT molecular complexity index is 957. The van der Waals surface area contributed by atoms with Crippen LogP contribution in [0.2, 0.25) is 0 Å². The number of hydrogen-bond donors (Lipinski definition) is 2. The number of rotatable bonds is 3. The molecule has 2 aliphatic heterocycles. The molecule has 0 saturated heterocycles. The van der Waals surface area contributed by atoms with Crippen molar-refractivity contribution in [3.8, 4) is 11.5 Å². The SMILES string of the molecule is Oc1ccc(CC=Nc2cc3c4c(c2O)N=CC=4CCN=3)cc1. The number of aromatic hydroxyl groups is 2. The van der Waals surface area contributed by atoms with Crippen molar-refractivity contribution in [1.29, 1.82) is 0 Å². The van der Waals surface area contributed by atoms with Gasteiger partial charge in [0.25, 0.3) is 0 Å². The van der Waals surface area contributed by atoms with Gasteiger partial charge in [0.2, 0.25) is 0 Å². The first-order valence-electron chi connectivity index (χ1n) is 7.50. The second-order valence-electron chi connectivity index (χ2n) is 5.58. The maximum Gasteiger partial charge on any atom is 0.167 e. The van der Waals surface area contributed by atoms with Crippen molar-refractivity contribution in [2.24, 2.45) is 15.0 Å². The first kappa shape index (κ1) is 13.7. The molecule has 0 bridgehead atoms. The standard InChI is InChI=1S/C18H15N3O2/c22-13-3-1-11(2-4-13)5-7-20-15-9-14-16-12(6-8-19-14)10-21-17(16)18(15)23/h1-4,7,9-10,22-23H,5-6,8H2. The van der Waals surface area contributed by atoms with Gasteiger partial charge in [0.1, 0.15) is 17.1 Å². The van der Waals surface area contributed by atoms with E-state index in [1.54, 1.807) is 18.3 Å². The Kier molecular flexibility index (Phi) is 3.19. The van der Waals surface area contributed by atoms with E-state index in [2.05, 4.69) is 15.0 Å². The highest BCUT2D eigenvalue weighted by atomic mass is 16.3. The zero-order chi connectivity index (χ0) is 15.8. The average molecular weight is 305 g/mol. The Balaban J connectivity index is 1.67. The molecule has 0 radical (unpaired) electrons. The summed E-state index contributed by atoms with van der Waals surface area (Å²) < 4.78 is 0. The molecule has 0 unspecified atom stereocenters. The van der Waals surface area contributed by atoms with E-state index < -0.39 is 0 Å². The molecule has 0 amide bonds. The van der Waals surface area contributed by atoms with Gasteiger partial charge in [0.05, 0.1) is 5.36 Å². The molecule has 0 saturated carbocycles. The van der Waals surface area contributed by atoms with Crippen LogP contribution in [0.5, 0.6) is 11.5 Å². The van der Waals surface area contributed by atoms with Crippen LogP contribution in [0.25, 0.3) is 5.57 Å². The van der Waals surface area contributed by atoms with Crippen molar-refractivity contribution in [2.75, 3.05) is 6.54 Å². The van der Waals surface area contributed by atoms with E-state index in [0.717, 1.165) is 34.7 Å². The Hall–Kier alpha value is -2.95. The average Bonchev–Trinajstić information content (AvgIpc) is 3.00. The Morgan fingerprint density at radius 2 is 2.00 bits per heavy atom. The van der Waals surface area contributed by atoms with Gasteiger partial charge in [-0.2, -0.15) is 0 Å². The molecule has 0 aliphatic carbocycles. The summed E-state index contributed by atoms with van der Waals surface area (Å²) in [6, 6.07) is 8.79. The minimum Gasteiger partial charge on any atom is -0.508 e. The van der Waals surface area contributed by atoms with Crippen molar-refractivity contribution in [3.63, 3.8) is 0 Å². The number of nitrogens with zero attached hydrogens (tertiary/aromatic N) is 3. The summed E-state index contributed by atoms with van der Waals surface area (Å²) in [5.41, 5.74) is 3.24. The molecule has 0 atom stereocenters. The van der Waals surface area contributed by atoms with Gasteiger partial charge in [-0.05, 0) is 35.8 Å².